The van der Waals surface area contributed by atoms with Crippen LogP contribution in [-0.4, -0.2) is 48.1 Å². The number of hydrogen-bond acceptors (Lipinski definition) is 3. The third-order valence-electron chi connectivity index (χ3n) is 4.51. The summed E-state index contributed by atoms with van der Waals surface area (Å²) in [5, 5.41) is 3.72. The molecule has 2 fully saturated rings. The summed E-state index contributed by atoms with van der Waals surface area (Å²) in [6.45, 7) is 6.13. The molecule has 0 aromatic rings. The Morgan fingerprint density at radius 1 is 1.29 bits per heavy atom. The number of nitrogens with zero attached hydrogens (tertiary/aromatic N) is 1. The number of piperazine rings is 1. The molecule has 0 aromatic carbocycles. The Morgan fingerprint density at radius 3 is 2.76 bits per heavy atom. The molecule has 1 spiro atoms. The maximum absolute atomic E-state index is 3.72. The maximum Gasteiger partial charge on any atom is 0.0334 e. The summed E-state index contributed by atoms with van der Waals surface area (Å²) >= 11 is 1.98. The Bertz CT molecular complexity index is 226. The van der Waals surface area contributed by atoms with E-state index in [1.165, 1.54) is 63.9 Å². The summed E-state index contributed by atoms with van der Waals surface area (Å²) in [4.78, 5) is 2.82. The van der Waals surface area contributed by atoms with Gasteiger partial charge in [0.1, 0.15) is 0 Å². The molecule has 3 heteroatoms. The van der Waals surface area contributed by atoms with Gasteiger partial charge in [0.05, 0.1) is 0 Å². The van der Waals surface area contributed by atoms with Gasteiger partial charge in [-0.3, -0.25) is 4.90 Å². The lowest BCUT2D eigenvalue weighted by atomic mass is 9.78. The predicted octanol–water partition coefficient (Wildman–Crippen LogP) is 2.74. The molecule has 1 saturated heterocycles. The van der Waals surface area contributed by atoms with Crippen molar-refractivity contribution in [2.75, 3.05) is 31.6 Å². The summed E-state index contributed by atoms with van der Waals surface area (Å²) < 4.78 is 0. The molecular formula is C14H28N2S. The van der Waals surface area contributed by atoms with Crippen molar-refractivity contribution in [2.45, 2.75) is 57.0 Å². The average Bonchev–Trinajstić information content (AvgIpc) is 2.36. The van der Waals surface area contributed by atoms with Crippen LogP contribution in [0.25, 0.3) is 0 Å². The van der Waals surface area contributed by atoms with Gasteiger partial charge in [-0.1, -0.05) is 19.3 Å². The Kier molecular flexibility index (Phi) is 5.19. The van der Waals surface area contributed by atoms with E-state index in [4.69, 9.17) is 0 Å². The quantitative estimate of drug-likeness (QED) is 0.779. The zero-order valence-corrected chi connectivity index (χ0v) is 12.3. The van der Waals surface area contributed by atoms with E-state index >= 15 is 0 Å². The van der Waals surface area contributed by atoms with Gasteiger partial charge in [-0.15, -0.1) is 0 Å². The van der Waals surface area contributed by atoms with Crippen molar-refractivity contribution in [3.8, 4) is 0 Å². The van der Waals surface area contributed by atoms with Crippen LogP contribution >= 0.6 is 11.8 Å². The van der Waals surface area contributed by atoms with Crippen molar-refractivity contribution in [3.05, 3.63) is 0 Å². The molecule has 2 nitrogen and oxygen atoms in total. The van der Waals surface area contributed by atoms with Gasteiger partial charge in [0.25, 0.3) is 0 Å². The van der Waals surface area contributed by atoms with Gasteiger partial charge in [0.2, 0.25) is 0 Å². The van der Waals surface area contributed by atoms with Crippen molar-refractivity contribution in [3.63, 3.8) is 0 Å². The standard InChI is InChI=1S/C14H28N2S/c1-13-11-16(9-6-10-17-2)14(12-15-13)7-4-3-5-8-14/h13,15H,3-12H2,1-2H3. The second-order valence-electron chi connectivity index (χ2n) is 5.86. The van der Waals surface area contributed by atoms with Gasteiger partial charge in [-0.25, -0.2) is 0 Å². The molecular weight excluding hydrogens is 228 g/mol. The van der Waals surface area contributed by atoms with E-state index in [1.54, 1.807) is 0 Å². The molecule has 2 rings (SSSR count). The number of thioether (sulfide) groups is 1. The Labute approximate surface area is 111 Å². The molecule has 17 heavy (non-hydrogen) atoms. The summed E-state index contributed by atoms with van der Waals surface area (Å²) in [6.07, 6.45) is 10.8. The Morgan fingerprint density at radius 2 is 2.06 bits per heavy atom. The third kappa shape index (κ3) is 3.39. The van der Waals surface area contributed by atoms with E-state index in [0.29, 0.717) is 11.6 Å². The van der Waals surface area contributed by atoms with Gasteiger partial charge in [-0.05, 0) is 44.7 Å². The predicted molar refractivity (Wildman–Crippen MR) is 77.9 cm³/mol. The molecule has 0 aromatic heterocycles. The topological polar surface area (TPSA) is 15.3 Å². The van der Waals surface area contributed by atoms with E-state index < -0.39 is 0 Å². The third-order valence-corrected chi connectivity index (χ3v) is 5.20. The van der Waals surface area contributed by atoms with Crippen LogP contribution in [0.5, 0.6) is 0 Å². The van der Waals surface area contributed by atoms with Crippen LogP contribution in [0.4, 0.5) is 0 Å². The van der Waals surface area contributed by atoms with Gasteiger partial charge in [0.15, 0.2) is 0 Å². The summed E-state index contributed by atoms with van der Waals surface area (Å²) in [6, 6.07) is 0.678. The van der Waals surface area contributed by atoms with Crippen molar-refractivity contribution in [1.82, 2.24) is 10.2 Å². The van der Waals surface area contributed by atoms with Crippen LogP contribution in [0, 0.1) is 0 Å². The lowest BCUT2D eigenvalue weighted by Crippen LogP contribution is -2.64. The summed E-state index contributed by atoms with van der Waals surface area (Å²) in [7, 11) is 0. The fraction of sp³-hybridized carbons (Fsp3) is 1.00. The van der Waals surface area contributed by atoms with Gasteiger partial charge in [0, 0.05) is 24.7 Å². The normalized spacial score (nSPS) is 29.6. The van der Waals surface area contributed by atoms with Gasteiger partial charge in [-0.2, -0.15) is 11.8 Å². The van der Waals surface area contributed by atoms with Crippen LogP contribution in [0.1, 0.15) is 45.4 Å². The second-order valence-corrected chi connectivity index (χ2v) is 6.84. The van der Waals surface area contributed by atoms with Crippen LogP contribution < -0.4 is 5.32 Å². The smallest absolute Gasteiger partial charge is 0.0334 e. The molecule has 2 aliphatic rings. The minimum Gasteiger partial charge on any atom is -0.311 e. The van der Waals surface area contributed by atoms with Crippen molar-refractivity contribution >= 4 is 11.8 Å². The first-order chi connectivity index (χ1) is 8.27. The molecule has 1 saturated carbocycles. The molecule has 1 atom stereocenters. The SMILES string of the molecule is CSCCCN1CC(C)NCC12CCCCC2. The van der Waals surface area contributed by atoms with Gasteiger partial charge >= 0.3 is 0 Å². The van der Waals surface area contributed by atoms with Crippen molar-refractivity contribution in [2.24, 2.45) is 0 Å². The number of nitrogens with one attached hydrogen (secondary N) is 1. The summed E-state index contributed by atoms with van der Waals surface area (Å²) in [5.41, 5.74) is 0.517. The molecule has 1 N–H and O–H groups in total. The van der Waals surface area contributed by atoms with Crippen LogP contribution in [0.15, 0.2) is 0 Å². The fourth-order valence-electron chi connectivity index (χ4n) is 3.50. The van der Waals surface area contributed by atoms with E-state index in [9.17, 15) is 0 Å². The molecule has 1 unspecified atom stereocenters. The van der Waals surface area contributed by atoms with E-state index in [2.05, 4.69) is 23.4 Å². The zero-order chi connectivity index (χ0) is 12.1. The van der Waals surface area contributed by atoms with Crippen LogP contribution in [0.3, 0.4) is 0 Å². The van der Waals surface area contributed by atoms with E-state index in [1.807, 2.05) is 11.8 Å². The molecule has 1 aliphatic carbocycles. The molecule has 1 aliphatic heterocycles. The molecule has 0 bridgehead atoms. The first kappa shape index (κ1) is 13.7. The molecule has 1 heterocycles. The van der Waals surface area contributed by atoms with Crippen LogP contribution in [0.2, 0.25) is 0 Å². The first-order valence-electron chi connectivity index (χ1n) is 7.24. The van der Waals surface area contributed by atoms with Crippen molar-refractivity contribution in [1.29, 1.82) is 0 Å². The average molecular weight is 256 g/mol. The van der Waals surface area contributed by atoms with Crippen molar-refractivity contribution < 1.29 is 0 Å². The highest BCUT2D eigenvalue weighted by Gasteiger charge is 2.40. The highest BCUT2D eigenvalue weighted by molar-refractivity contribution is 7.98. The fourth-order valence-corrected chi connectivity index (χ4v) is 3.91. The molecule has 100 valence electrons. The highest BCUT2D eigenvalue weighted by Crippen LogP contribution is 2.35. The lowest BCUT2D eigenvalue weighted by molar-refractivity contribution is 0.0132. The maximum atomic E-state index is 3.72. The Hall–Kier alpha value is 0.270. The number of rotatable bonds is 4. The molecule has 0 amide bonds. The lowest BCUT2D eigenvalue weighted by Gasteiger charge is -2.51. The van der Waals surface area contributed by atoms with Crippen LogP contribution in [-0.2, 0) is 0 Å². The second kappa shape index (κ2) is 6.44. The largest absolute Gasteiger partial charge is 0.311 e. The van der Waals surface area contributed by atoms with E-state index in [-0.39, 0.29) is 0 Å². The molecule has 0 radical (unpaired) electrons. The minimum absolute atomic E-state index is 0.517. The zero-order valence-electron chi connectivity index (χ0n) is 11.5. The van der Waals surface area contributed by atoms with Gasteiger partial charge < -0.3 is 5.32 Å². The monoisotopic (exact) mass is 256 g/mol. The van der Waals surface area contributed by atoms with E-state index in [0.717, 1.165) is 0 Å². The Balaban J connectivity index is 1.95. The number of hydrogen-bond donors (Lipinski definition) is 1. The highest BCUT2D eigenvalue weighted by atomic mass is 32.2. The first-order valence-corrected chi connectivity index (χ1v) is 8.64. The minimum atomic E-state index is 0.517. The summed E-state index contributed by atoms with van der Waals surface area (Å²) in [5.74, 6) is 1.31.